The molecule has 0 atom stereocenters. The Morgan fingerprint density at radius 3 is 2.14 bits per heavy atom. The van der Waals surface area contributed by atoms with E-state index in [9.17, 15) is 14.4 Å². The Hall–Kier alpha value is -2.98. The van der Waals surface area contributed by atoms with Gasteiger partial charge in [-0.2, -0.15) is 0 Å². The molecule has 2 aromatic carbocycles. The quantitative estimate of drug-likeness (QED) is 0.446. The van der Waals surface area contributed by atoms with Crippen molar-refractivity contribution in [2.45, 2.75) is 26.7 Å². The number of carbonyl (C=O) groups is 3. The van der Waals surface area contributed by atoms with Gasteiger partial charge in [-0.05, 0) is 24.0 Å². The number of fused-ring (bicyclic) bond motifs is 4. The molecule has 5 rings (SSSR count). The highest BCUT2D eigenvalue weighted by molar-refractivity contribution is 6.33. The Morgan fingerprint density at radius 1 is 0.828 bits per heavy atom. The van der Waals surface area contributed by atoms with Crippen molar-refractivity contribution in [1.29, 1.82) is 0 Å². The van der Waals surface area contributed by atoms with E-state index in [4.69, 9.17) is 11.6 Å². The normalized spacial score (nSPS) is 17.0. The van der Waals surface area contributed by atoms with Crippen LogP contribution >= 0.6 is 11.6 Å². The first-order chi connectivity index (χ1) is 13.8. The summed E-state index contributed by atoms with van der Waals surface area (Å²) in [5.74, 6) is -0.626. The van der Waals surface area contributed by atoms with Gasteiger partial charge in [0.25, 0.3) is 0 Å². The number of aromatic nitrogens is 1. The number of ketones is 3. The van der Waals surface area contributed by atoms with E-state index in [0.717, 1.165) is 0 Å². The molecule has 0 amide bonds. The lowest BCUT2D eigenvalue weighted by Gasteiger charge is -2.30. The molecular weight excluding hydrogens is 386 g/mol. The van der Waals surface area contributed by atoms with Crippen molar-refractivity contribution in [2.75, 3.05) is 0 Å². The Labute approximate surface area is 173 Å². The molecule has 0 unspecified atom stereocenters. The van der Waals surface area contributed by atoms with Crippen LogP contribution in [-0.2, 0) is 6.42 Å². The van der Waals surface area contributed by atoms with E-state index in [1.807, 2.05) is 32.0 Å². The molecule has 2 aliphatic carbocycles. The zero-order chi connectivity index (χ0) is 20.5. The van der Waals surface area contributed by atoms with Crippen LogP contribution in [0.2, 0.25) is 5.02 Å². The van der Waals surface area contributed by atoms with Gasteiger partial charge in [0.15, 0.2) is 11.6 Å². The third-order valence-corrected chi connectivity index (χ3v) is 6.10. The maximum atomic E-state index is 13.5. The van der Waals surface area contributed by atoms with Crippen molar-refractivity contribution in [3.8, 4) is 5.69 Å². The van der Waals surface area contributed by atoms with Crippen LogP contribution in [0.4, 0.5) is 0 Å². The van der Waals surface area contributed by atoms with Gasteiger partial charge in [-0.25, -0.2) is 0 Å². The van der Waals surface area contributed by atoms with E-state index in [-0.39, 0.29) is 34.0 Å². The van der Waals surface area contributed by atoms with Gasteiger partial charge in [-0.15, -0.1) is 0 Å². The zero-order valence-corrected chi connectivity index (χ0v) is 16.8. The fourth-order valence-electron chi connectivity index (χ4n) is 4.60. The summed E-state index contributed by atoms with van der Waals surface area (Å²) in [5.41, 5.74) is 2.59. The van der Waals surface area contributed by atoms with E-state index >= 15 is 0 Å². The van der Waals surface area contributed by atoms with E-state index < -0.39 is 0 Å². The summed E-state index contributed by atoms with van der Waals surface area (Å²) in [6.45, 7) is 4.05. The van der Waals surface area contributed by atoms with Gasteiger partial charge >= 0.3 is 0 Å². The summed E-state index contributed by atoms with van der Waals surface area (Å²) in [6.07, 6.45) is 0.908. The summed E-state index contributed by atoms with van der Waals surface area (Å²) in [7, 11) is 0. The summed E-state index contributed by atoms with van der Waals surface area (Å²) in [4.78, 5) is 40.1. The van der Waals surface area contributed by atoms with Gasteiger partial charge in [0.2, 0.25) is 5.78 Å². The molecule has 0 saturated carbocycles. The van der Waals surface area contributed by atoms with Crippen LogP contribution in [0.3, 0.4) is 0 Å². The molecule has 0 fully saturated rings. The predicted octanol–water partition coefficient (Wildman–Crippen LogP) is 5.06. The predicted molar refractivity (Wildman–Crippen MR) is 111 cm³/mol. The van der Waals surface area contributed by atoms with Crippen molar-refractivity contribution in [3.63, 3.8) is 0 Å². The Morgan fingerprint density at radius 2 is 1.45 bits per heavy atom. The molecule has 29 heavy (non-hydrogen) atoms. The van der Waals surface area contributed by atoms with Crippen molar-refractivity contribution < 1.29 is 14.4 Å². The number of rotatable bonds is 1. The Kier molecular flexibility index (Phi) is 3.74. The van der Waals surface area contributed by atoms with E-state index in [2.05, 4.69) is 0 Å². The molecule has 5 heteroatoms. The first-order valence-electron chi connectivity index (χ1n) is 9.54. The van der Waals surface area contributed by atoms with Gasteiger partial charge in [-0.3, -0.25) is 14.4 Å². The molecule has 2 aliphatic rings. The number of para-hydroxylation sites is 1. The molecule has 0 bridgehead atoms. The second-order valence-corrected chi connectivity index (χ2v) is 8.88. The Balaban J connectivity index is 1.93. The molecule has 144 valence electrons. The third-order valence-electron chi connectivity index (χ3n) is 5.78. The average molecular weight is 404 g/mol. The monoisotopic (exact) mass is 403 g/mol. The highest BCUT2D eigenvalue weighted by Crippen LogP contribution is 2.43. The van der Waals surface area contributed by atoms with E-state index in [0.29, 0.717) is 45.9 Å². The summed E-state index contributed by atoms with van der Waals surface area (Å²) < 4.78 is 1.75. The maximum Gasteiger partial charge on any atom is 0.211 e. The topological polar surface area (TPSA) is 56.1 Å². The number of nitrogens with zero attached hydrogens (tertiary/aromatic N) is 1. The minimum absolute atomic E-state index is 0.0983. The van der Waals surface area contributed by atoms with Gasteiger partial charge in [-0.1, -0.05) is 61.8 Å². The molecule has 4 nitrogen and oxygen atoms in total. The van der Waals surface area contributed by atoms with Crippen LogP contribution in [0.1, 0.15) is 68.3 Å². The molecule has 0 radical (unpaired) electrons. The highest BCUT2D eigenvalue weighted by atomic mass is 35.5. The minimum atomic E-state index is -0.275. The first kappa shape index (κ1) is 18.1. The van der Waals surface area contributed by atoms with Crippen molar-refractivity contribution in [2.24, 2.45) is 5.41 Å². The number of hydrogen-bond donors (Lipinski definition) is 0. The fraction of sp³-hybridized carbons (Fsp3) is 0.208. The zero-order valence-electron chi connectivity index (χ0n) is 16.1. The van der Waals surface area contributed by atoms with Crippen molar-refractivity contribution in [3.05, 3.63) is 87.2 Å². The third kappa shape index (κ3) is 2.49. The van der Waals surface area contributed by atoms with Gasteiger partial charge in [0.1, 0.15) is 5.69 Å². The standard InChI is InChI=1S/C24H18ClNO3/c1-24(2)11-17-19(18(27)12-24)20-21(26(17)16-10-6-5-9-15(16)25)23(29)14-8-4-3-7-13(14)22(20)28/h3-10H,11-12H2,1-2H3. The number of hydrogen-bond acceptors (Lipinski definition) is 3. The van der Waals surface area contributed by atoms with E-state index in [1.54, 1.807) is 34.9 Å². The number of halogens is 1. The average Bonchev–Trinajstić information content (AvgIpc) is 3.01. The summed E-state index contributed by atoms with van der Waals surface area (Å²) in [5, 5.41) is 0.461. The van der Waals surface area contributed by atoms with Crippen LogP contribution < -0.4 is 0 Å². The van der Waals surface area contributed by atoms with Gasteiger partial charge < -0.3 is 4.57 Å². The molecule has 3 aromatic rings. The van der Waals surface area contributed by atoms with Crippen LogP contribution in [0.5, 0.6) is 0 Å². The fourth-order valence-corrected chi connectivity index (χ4v) is 4.82. The molecule has 0 spiro atoms. The molecule has 0 N–H and O–H groups in total. The number of Topliss-reactive ketones (excluding diaryl/α,β-unsaturated/α-hetero) is 1. The number of carbonyl (C=O) groups excluding carboxylic acids is 3. The minimum Gasteiger partial charge on any atom is -0.308 e. The molecule has 0 saturated heterocycles. The SMILES string of the molecule is CC1(C)CC(=O)c2c3c(n(-c4ccccc4Cl)c2C1)C(=O)c1ccccc1C3=O. The Bertz CT molecular complexity index is 1250. The van der Waals surface area contributed by atoms with Crippen LogP contribution in [0.15, 0.2) is 48.5 Å². The smallest absolute Gasteiger partial charge is 0.211 e. The van der Waals surface area contributed by atoms with Gasteiger partial charge in [0, 0.05) is 23.2 Å². The highest BCUT2D eigenvalue weighted by Gasteiger charge is 2.44. The second kappa shape index (κ2) is 6.01. The lowest BCUT2D eigenvalue weighted by Crippen LogP contribution is -2.28. The second-order valence-electron chi connectivity index (χ2n) is 8.48. The summed E-state index contributed by atoms with van der Waals surface area (Å²) in [6, 6.07) is 14.0. The lowest BCUT2D eigenvalue weighted by atomic mass is 9.74. The van der Waals surface area contributed by atoms with Crippen LogP contribution in [0.25, 0.3) is 5.69 Å². The maximum absolute atomic E-state index is 13.5. The van der Waals surface area contributed by atoms with Crippen molar-refractivity contribution in [1.82, 2.24) is 4.57 Å². The first-order valence-corrected chi connectivity index (χ1v) is 9.92. The lowest BCUT2D eigenvalue weighted by molar-refractivity contribution is 0.0902. The van der Waals surface area contributed by atoms with Crippen LogP contribution in [0, 0.1) is 5.41 Å². The van der Waals surface area contributed by atoms with E-state index in [1.165, 1.54) is 0 Å². The molecule has 1 heterocycles. The molecule has 1 aromatic heterocycles. The largest absolute Gasteiger partial charge is 0.308 e. The summed E-state index contributed by atoms with van der Waals surface area (Å²) >= 11 is 6.49. The molecular formula is C24H18ClNO3. The van der Waals surface area contributed by atoms with Crippen LogP contribution in [-0.4, -0.2) is 21.9 Å². The van der Waals surface area contributed by atoms with Crippen molar-refractivity contribution >= 4 is 29.0 Å². The molecule has 0 aliphatic heterocycles. The van der Waals surface area contributed by atoms with Gasteiger partial charge in [0.05, 0.1) is 21.8 Å². The number of benzene rings is 2.